The molecule has 26 heavy (non-hydrogen) atoms. The first-order chi connectivity index (χ1) is 12.5. The van der Waals surface area contributed by atoms with Crippen LogP contribution in [0, 0.1) is 32.1 Å². The Morgan fingerprint density at radius 1 is 1.15 bits per heavy atom. The van der Waals surface area contributed by atoms with Crippen molar-refractivity contribution in [2.24, 2.45) is 0 Å². The number of allylic oxidation sites excluding steroid dienone is 1. The monoisotopic (exact) mass is 379 g/mol. The van der Waals surface area contributed by atoms with Crippen molar-refractivity contribution in [2.75, 3.05) is 5.32 Å². The molecule has 0 saturated heterocycles. The van der Waals surface area contributed by atoms with Crippen LogP contribution < -0.4 is 5.32 Å². The number of nitriles is 1. The second-order valence-corrected chi connectivity index (χ2v) is 7.40. The highest BCUT2D eigenvalue weighted by atomic mass is 35.5. The maximum atomic E-state index is 9.51. The normalized spacial score (nSPS) is 11.3. The zero-order valence-electron chi connectivity index (χ0n) is 14.8. The van der Waals surface area contributed by atoms with E-state index in [1.165, 1.54) is 22.5 Å². The van der Waals surface area contributed by atoms with Gasteiger partial charge >= 0.3 is 0 Å². The summed E-state index contributed by atoms with van der Waals surface area (Å²) >= 11 is 7.60. The van der Waals surface area contributed by atoms with Crippen molar-refractivity contribution in [3.8, 4) is 17.3 Å². The number of anilines is 1. The maximum Gasteiger partial charge on any atom is 0.136 e. The third kappa shape index (κ3) is 3.96. The van der Waals surface area contributed by atoms with E-state index < -0.39 is 0 Å². The average molecular weight is 380 g/mol. The van der Waals surface area contributed by atoms with Crippen molar-refractivity contribution in [1.29, 1.82) is 5.26 Å². The van der Waals surface area contributed by atoms with Crippen LogP contribution >= 0.6 is 22.9 Å². The van der Waals surface area contributed by atoms with Crippen LogP contribution in [0.15, 0.2) is 48.0 Å². The zero-order valence-corrected chi connectivity index (χ0v) is 16.4. The van der Waals surface area contributed by atoms with E-state index >= 15 is 0 Å². The maximum absolute atomic E-state index is 9.51. The highest BCUT2D eigenvalue weighted by Gasteiger charge is 2.11. The molecule has 2 aromatic carbocycles. The van der Waals surface area contributed by atoms with Crippen LogP contribution in [0.2, 0.25) is 5.02 Å². The Hall–Kier alpha value is -2.61. The lowest BCUT2D eigenvalue weighted by molar-refractivity contribution is 1.32. The van der Waals surface area contributed by atoms with Gasteiger partial charge in [0.1, 0.15) is 16.6 Å². The summed E-state index contributed by atoms with van der Waals surface area (Å²) in [6, 6.07) is 14.2. The van der Waals surface area contributed by atoms with Gasteiger partial charge in [-0.05, 0) is 44.0 Å². The summed E-state index contributed by atoms with van der Waals surface area (Å²) in [6.45, 7) is 6.10. The second kappa shape index (κ2) is 7.74. The summed E-state index contributed by atoms with van der Waals surface area (Å²) < 4.78 is 0. The molecule has 0 bridgehead atoms. The molecule has 0 radical (unpaired) electrons. The fourth-order valence-electron chi connectivity index (χ4n) is 2.60. The number of benzene rings is 2. The Bertz CT molecular complexity index is 1030. The minimum atomic E-state index is 0.489. The number of aryl methyl sites for hydroxylation is 3. The predicted molar refractivity (Wildman–Crippen MR) is 110 cm³/mol. The van der Waals surface area contributed by atoms with Crippen LogP contribution in [0.25, 0.3) is 16.8 Å². The molecule has 0 aliphatic heterocycles. The molecule has 3 aromatic rings. The van der Waals surface area contributed by atoms with Crippen LogP contribution in [-0.4, -0.2) is 4.98 Å². The largest absolute Gasteiger partial charge is 0.360 e. The number of halogens is 1. The molecule has 3 rings (SSSR count). The van der Waals surface area contributed by atoms with Crippen LogP contribution in [0.3, 0.4) is 0 Å². The van der Waals surface area contributed by atoms with E-state index in [4.69, 9.17) is 11.6 Å². The van der Waals surface area contributed by atoms with E-state index in [2.05, 4.69) is 48.4 Å². The van der Waals surface area contributed by atoms with Gasteiger partial charge < -0.3 is 5.32 Å². The number of rotatable bonds is 4. The van der Waals surface area contributed by atoms with Crippen LogP contribution in [0.1, 0.15) is 21.7 Å². The van der Waals surface area contributed by atoms with Crippen molar-refractivity contribution < 1.29 is 0 Å². The molecular formula is C21H18ClN3S. The lowest BCUT2D eigenvalue weighted by Gasteiger charge is -2.04. The third-order valence-corrected chi connectivity index (χ3v) is 5.35. The topological polar surface area (TPSA) is 48.7 Å². The first-order valence-corrected chi connectivity index (χ1v) is 9.40. The summed E-state index contributed by atoms with van der Waals surface area (Å²) in [6.07, 6.45) is 1.67. The predicted octanol–water partition coefficient (Wildman–Crippen LogP) is 6.37. The molecule has 3 nitrogen and oxygen atoms in total. The summed E-state index contributed by atoms with van der Waals surface area (Å²) in [5.41, 5.74) is 6.72. The van der Waals surface area contributed by atoms with Crippen LogP contribution in [-0.2, 0) is 0 Å². The second-order valence-electron chi connectivity index (χ2n) is 6.13. The van der Waals surface area contributed by atoms with E-state index in [9.17, 15) is 5.26 Å². The molecule has 1 N–H and O–H groups in total. The van der Waals surface area contributed by atoms with E-state index in [-0.39, 0.29) is 0 Å². The quantitative estimate of drug-likeness (QED) is 0.536. The average Bonchev–Trinajstić information content (AvgIpc) is 3.08. The Morgan fingerprint density at radius 3 is 2.65 bits per heavy atom. The van der Waals surface area contributed by atoms with Gasteiger partial charge in [-0.25, -0.2) is 4.98 Å². The fraction of sp³-hybridized carbons (Fsp3) is 0.143. The van der Waals surface area contributed by atoms with Gasteiger partial charge in [-0.15, -0.1) is 11.3 Å². The van der Waals surface area contributed by atoms with Crippen molar-refractivity contribution in [3.63, 3.8) is 0 Å². The Kier molecular flexibility index (Phi) is 5.41. The molecule has 130 valence electrons. The van der Waals surface area contributed by atoms with Crippen molar-refractivity contribution in [3.05, 3.63) is 74.7 Å². The zero-order chi connectivity index (χ0) is 18.7. The summed E-state index contributed by atoms with van der Waals surface area (Å²) in [7, 11) is 0. The summed E-state index contributed by atoms with van der Waals surface area (Å²) in [4.78, 5) is 4.65. The van der Waals surface area contributed by atoms with E-state index in [1.807, 2.05) is 30.5 Å². The van der Waals surface area contributed by atoms with Gasteiger partial charge in [-0.3, -0.25) is 0 Å². The SMILES string of the molecule is Cc1ccc(-c2csc(/C(C#N)=C/Nc3ccc(C)c(Cl)c3)n2)c(C)c1. The van der Waals surface area contributed by atoms with Gasteiger partial charge in [-0.1, -0.05) is 41.4 Å². The van der Waals surface area contributed by atoms with Crippen molar-refractivity contribution in [2.45, 2.75) is 20.8 Å². The molecule has 5 heteroatoms. The number of nitrogens with one attached hydrogen (secondary N) is 1. The van der Waals surface area contributed by atoms with Gasteiger partial charge in [0, 0.05) is 27.9 Å². The molecule has 0 saturated carbocycles. The number of hydrogen-bond acceptors (Lipinski definition) is 4. The van der Waals surface area contributed by atoms with Gasteiger partial charge in [0.05, 0.1) is 5.69 Å². The van der Waals surface area contributed by atoms with Gasteiger partial charge in [-0.2, -0.15) is 5.26 Å². The lowest BCUT2D eigenvalue weighted by atomic mass is 10.0. The summed E-state index contributed by atoms with van der Waals surface area (Å²) in [5, 5.41) is 16.0. The van der Waals surface area contributed by atoms with E-state index in [1.54, 1.807) is 6.20 Å². The minimum absolute atomic E-state index is 0.489. The van der Waals surface area contributed by atoms with Gasteiger partial charge in [0.15, 0.2) is 0 Å². The van der Waals surface area contributed by atoms with Crippen LogP contribution in [0.5, 0.6) is 0 Å². The molecule has 1 aromatic heterocycles. The molecular weight excluding hydrogens is 362 g/mol. The molecule has 0 fully saturated rings. The standard InChI is InChI=1S/C21H18ClN3S/c1-13-4-7-18(15(3)8-13)20-12-26-21(25-20)16(10-23)11-24-17-6-5-14(2)19(22)9-17/h4-9,11-12,24H,1-3H3/b16-11+. The van der Waals surface area contributed by atoms with Crippen molar-refractivity contribution in [1.82, 2.24) is 4.98 Å². The molecule has 0 atom stereocenters. The third-order valence-electron chi connectivity index (χ3n) is 4.07. The number of hydrogen-bond donors (Lipinski definition) is 1. The van der Waals surface area contributed by atoms with Crippen molar-refractivity contribution >= 4 is 34.2 Å². The van der Waals surface area contributed by atoms with E-state index in [0.717, 1.165) is 22.5 Å². The number of thiazole rings is 1. The Morgan fingerprint density at radius 2 is 1.96 bits per heavy atom. The molecule has 1 heterocycles. The Balaban J connectivity index is 1.86. The number of aromatic nitrogens is 1. The molecule has 0 spiro atoms. The number of nitrogens with zero attached hydrogens (tertiary/aromatic N) is 2. The molecule has 0 aliphatic rings. The first kappa shape index (κ1) is 18.2. The van der Waals surface area contributed by atoms with Gasteiger partial charge in [0.25, 0.3) is 0 Å². The van der Waals surface area contributed by atoms with Gasteiger partial charge in [0.2, 0.25) is 0 Å². The fourth-order valence-corrected chi connectivity index (χ4v) is 3.57. The molecule has 0 unspecified atom stereocenters. The Labute approximate surface area is 162 Å². The highest BCUT2D eigenvalue weighted by Crippen LogP contribution is 2.29. The van der Waals surface area contributed by atoms with E-state index in [0.29, 0.717) is 15.6 Å². The smallest absolute Gasteiger partial charge is 0.136 e. The minimum Gasteiger partial charge on any atom is -0.360 e. The summed E-state index contributed by atoms with van der Waals surface area (Å²) in [5.74, 6) is 0. The molecule has 0 aliphatic carbocycles. The first-order valence-electron chi connectivity index (χ1n) is 8.14. The lowest BCUT2D eigenvalue weighted by Crippen LogP contribution is -1.92. The molecule has 0 amide bonds. The highest BCUT2D eigenvalue weighted by molar-refractivity contribution is 7.11. The van der Waals surface area contributed by atoms with Crippen LogP contribution in [0.4, 0.5) is 5.69 Å².